The molecule has 7 heteroatoms. The van der Waals surface area contributed by atoms with Gasteiger partial charge >= 0.3 is 0 Å². The largest absolute Gasteiger partial charge is 0.504 e. The number of benzene rings is 2. The van der Waals surface area contributed by atoms with Crippen molar-refractivity contribution in [2.24, 2.45) is 4.99 Å². The van der Waals surface area contributed by atoms with E-state index in [1.165, 1.54) is 11.3 Å². The first-order valence-electron chi connectivity index (χ1n) is 10.3. The number of hydrogen-bond donors (Lipinski definition) is 2. The highest BCUT2D eigenvalue weighted by molar-refractivity contribution is 14.0. The average molecular weight is 524 g/mol. The third kappa shape index (κ3) is 6.42. The molecule has 0 radical (unpaired) electrons. The Kier molecular flexibility index (Phi) is 9.55. The second-order valence-corrected chi connectivity index (χ2v) is 7.30. The summed E-state index contributed by atoms with van der Waals surface area (Å²) >= 11 is 0. The first-order valence-corrected chi connectivity index (χ1v) is 10.3. The predicted octanol–water partition coefficient (Wildman–Crippen LogP) is 3.66. The van der Waals surface area contributed by atoms with Gasteiger partial charge in [0.1, 0.15) is 0 Å². The molecule has 0 aromatic heterocycles. The molecule has 6 nitrogen and oxygen atoms in total. The summed E-state index contributed by atoms with van der Waals surface area (Å²) in [7, 11) is 1.57. The lowest BCUT2D eigenvalue weighted by Crippen LogP contribution is -2.52. The minimum atomic E-state index is 0. The second-order valence-electron chi connectivity index (χ2n) is 7.30. The van der Waals surface area contributed by atoms with Gasteiger partial charge in [-0.2, -0.15) is 0 Å². The molecule has 2 aromatic carbocycles. The van der Waals surface area contributed by atoms with Gasteiger partial charge in [-0.15, -0.1) is 24.0 Å². The topological polar surface area (TPSA) is 60.3 Å². The Balaban J connectivity index is 0.00000320. The number of halogens is 1. The zero-order valence-electron chi connectivity index (χ0n) is 18.1. The van der Waals surface area contributed by atoms with E-state index in [0.29, 0.717) is 12.3 Å². The van der Waals surface area contributed by atoms with Gasteiger partial charge in [0.15, 0.2) is 17.5 Å². The summed E-state index contributed by atoms with van der Waals surface area (Å²) in [5, 5.41) is 13.2. The monoisotopic (exact) mass is 524 g/mol. The van der Waals surface area contributed by atoms with E-state index < -0.39 is 0 Å². The highest BCUT2D eigenvalue weighted by Gasteiger charge is 2.19. The fourth-order valence-electron chi connectivity index (χ4n) is 3.60. The minimum absolute atomic E-state index is 0. The van der Waals surface area contributed by atoms with E-state index in [1.54, 1.807) is 13.2 Å². The number of piperazine rings is 1. The normalized spacial score (nSPS) is 14.3. The van der Waals surface area contributed by atoms with Crippen LogP contribution in [0.25, 0.3) is 0 Å². The molecule has 0 bridgehead atoms. The van der Waals surface area contributed by atoms with E-state index in [2.05, 4.69) is 53.2 Å². The SMILES string of the molecule is CCNC(=NCCc1ccc(O)c(OC)c1)N1CCN(c2cccc(C)c2)CC1.I. The van der Waals surface area contributed by atoms with Crippen LogP contribution in [0.2, 0.25) is 0 Å². The number of guanidine groups is 1. The van der Waals surface area contributed by atoms with Gasteiger partial charge in [-0.1, -0.05) is 18.2 Å². The molecule has 3 rings (SSSR count). The van der Waals surface area contributed by atoms with Crippen LogP contribution in [0, 0.1) is 6.92 Å². The Morgan fingerprint density at radius 2 is 1.90 bits per heavy atom. The number of aryl methyl sites for hydroxylation is 1. The lowest BCUT2D eigenvalue weighted by Gasteiger charge is -2.37. The number of rotatable bonds is 6. The van der Waals surface area contributed by atoms with Gasteiger partial charge in [0.25, 0.3) is 0 Å². The van der Waals surface area contributed by atoms with E-state index in [-0.39, 0.29) is 29.7 Å². The first kappa shape index (κ1) is 24.1. The molecule has 0 amide bonds. The van der Waals surface area contributed by atoms with Gasteiger partial charge < -0.3 is 25.0 Å². The molecule has 164 valence electrons. The molecule has 2 aromatic rings. The third-order valence-corrected chi connectivity index (χ3v) is 5.19. The summed E-state index contributed by atoms with van der Waals surface area (Å²) in [4.78, 5) is 9.61. The molecular weight excluding hydrogens is 491 g/mol. The maximum atomic E-state index is 9.73. The Morgan fingerprint density at radius 3 is 2.57 bits per heavy atom. The lowest BCUT2D eigenvalue weighted by atomic mass is 10.1. The number of hydrogen-bond acceptors (Lipinski definition) is 4. The zero-order valence-corrected chi connectivity index (χ0v) is 20.4. The molecule has 0 saturated carbocycles. The van der Waals surface area contributed by atoms with Crippen molar-refractivity contribution >= 4 is 35.6 Å². The molecular formula is C23H33IN4O2. The maximum Gasteiger partial charge on any atom is 0.194 e. The van der Waals surface area contributed by atoms with Crippen molar-refractivity contribution in [2.45, 2.75) is 20.3 Å². The predicted molar refractivity (Wildman–Crippen MR) is 135 cm³/mol. The number of nitrogens with one attached hydrogen (secondary N) is 1. The quantitative estimate of drug-likeness (QED) is 0.343. The molecule has 0 spiro atoms. The third-order valence-electron chi connectivity index (χ3n) is 5.19. The van der Waals surface area contributed by atoms with Gasteiger partial charge in [-0.3, -0.25) is 4.99 Å². The van der Waals surface area contributed by atoms with Gasteiger partial charge in [0.05, 0.1) is 7.11 Å². The molecule has 30 heavy (non-hydrogen) atoms. The van der Waals surface area contributed by atoms with Gasteiger partial charge in [0.2, 0.25) is 0 Å². The standard InChI is InChI=1S/C23H32N4O2.HI/c1-4-24-23(25-11-10-19-8-9-21(28)22(17-19)29-3)27-14-12-26(13-15-27)20-7-5-6-18(2)16-20;/h5-9,16-17,28H,4,10-15H2,1-3H3,(H,24,25);1H. The summed E-state index contributed by atoms with van der Waals surface area (Å²) in [5.74, 6) is 1.65. The highest BCUT2D eigenvalue weighted by Crippen LogP contribution is 2.26. The molecule has 0 aliphatic carbocycles. The van der Waals surface area contributed by atoms with Crippen LogP contribution in [0.15, 0.2) is 47.5 Å². The van der Waals surface area contributed by atoms with Crippen LogP contribution in [0.4, 0.5) is 5.69 Å². The number of phenols is 1. The van der Waals surface area contributed by atoms with E-state index in [1.807, 2.05) is 12.1 Å². The molecule has 0 unspecified atom stereocenters. The van der Waals surface area contributed by atoms with Crippen molar-refractivity contribution in [2.75, 3.05) is 51.3 Å². The number of aromatic hydroxyl groups is 1. The van der Waals surface area contributed by atoms with Gasteiger partial charge in [-0.05, 0) is 55.7 Å². The van der Waals surface area contributed by atoms with E-state index >= 15 is 0 Å². The second kappa shape index (κ2) is 11.9. The van der Waals surface area contributed by atoms with Crippen molar-refractivity contribution in [1.82, 2.24) is 10.2 Å². The number of anilines is 1. The van der Waals surface area contributed by atoms with Crippen molar-refractivity contribution in [3.8, 4) is 11.5 Å². The van der Waals surface area contributed by atoms with Crippen LogP contribution >= 0.6 is 24.0 Å². The lowest BCUT2D eigenvalue weighted by molar-refractivity contribution is 0.372. The number of nitrogens with zero attached hydrogens (tertiary/aromatic N) is 3. The van der Waals surface area contributed by atoms with Gasteiger partial charge in [-0.25, -0.2) is 0 Å². The fourth-order valence-corrected chi connectivity index (χ4v) is 3.60. The van der Waals surface area contributed by atoms with Crippen molar-refractivity contribution in [3.05, 3.63) is 53.6 Å². The number of ether oxygens (including phenoxy) is 1. The molecule has 1 saturated heterocycles. The van der Waals surface area contributed by atoms with Crippen LogP contribution in [0.5, 0.6) is 11.5 Å². The smallest absolute Gasteiger partial charge is 0.194 e. The van der Waals surface area contributed by atoms with E-state index in [4.69, 9.17) is 9.73 Å². The van der Waals surface area contributed by atoms with E-state index in [0.717, 1.165) is 50.7 Å². The van der Waals surface area contributed by atoms with Crippen LogP contribution < -0.4 is 15.0 Å². The summed E-state index contributed by atoms with van der Waals surface area (Å²) in [5.41, 5.74) is 3.70. The summed E-state index contributed by atoms with van der Waals surface area (Å²) in [6.45, 7) is 9.66. The van der Waals surface area contributed by atoms with Crippen LogP contribution in [-0.4, -0.2) is 62.3 Å². The Hall–Kier alpha value is -2.16. The summed E-state index contributed by atoms with van der Waals surface area (Å²) < 4.78 is 5.19. The molecule has 1 aliphatic rings. The van der Waals surface area contributed by atoms with Crippen LogP contribution in [0.1, 0.15) is 18.1 Å². The molecule has 1 aliphatic heterocycles. The van der Waals surface area contributed by atoms with Crippen LogP contribution in [-0.2, 0) is 6.42 Å². The molecule has 0 atom stereocenters. The Labute approximate surface area is 197 Å². The molecule has 1 heterocycles. The number of methoxy groups -OCH3 is 1. The van der Waals surface area contributed by atoms with Gasteiger partial charge in [0, 0.05) is 45.0 Å². The summed E-state index contributed by atoms with van der Waals surface area (Å²) in [6.07, 6.45) is 0.800. The Bertz CT molecular complexity index is 836. The average Bonchev–Trinajstić information content (AvgIpc) is 2.74. The van der Waals surface area contributed by atoms with Crippen molar-refractivity contribution < 1.29 is 9.84 Å². The van der Waals surface area contributed by atoms with Crippen LogP contribution in [0.3, 0.4) is 0 Å². The molecule has 1 fully saturated rings. The molecule has 2 N–H and O–H groups in total. The van der Waals surface area contributed by atoms with E-state index in [9.17, 15) is 5.11 Å². The zero-order chi connectivity index (χ0) is 20.6. The number of phenolic OH excluding ortho intramolecular Hbond substituents is 1. The maximum absolute atomic E-state index is 9.73. The first-order chi connectivity index (χ1) is 14.1. The number of aliphatic imine (C=N–C) groups is 1. The van der Waals surface area contributed by atoms with Crippen molar-refractivity contribution in [1.29, 1.82) is 0 Å². The summed E-state index contributed by atoms with van der Waals surface area (Å²) in [6, 6.07) is 14.2. The highest BCUT2D eigenvalue weighted by atomic mass is 127. The minimum Gasteiger partial charge on any atom is -0.504 e. The fraction of sp³-hybridized carbons (Fsp3) is 0.435. The van der Waals surface area contributed by atoms with Crippen molar-refractivity contribution in [3.63, 3.8) is 0 Å². The Morgan fingerprint density at radius 1 is 1.13 bits per heavy atom.